The van der Waals surface area contributed by atoms with Gasteiger partial charge in [0.15, 0.2) is 0 Å². The van der Waals surface area contributed by atoms with Crippen molar-refractivity contribution in [2.45, 2.75) is 39.2 Å². The molecule has 1 heterocycles. The van der Waals surface area contributed by atoms with Gasteiger partial charge in [-0.05, 0) is 25.3 Å². The van der Waals surface area contributed by atoms with E-state index in [4.69, 9.17) is 0 Å². The van der Waals surface area contributed by atoms with Crippen LogP contribution in [-0.2, 0) is 11.3 Å². The number of rotatable bonds is 6. The van der Waals surface area contributed by atoms with Crippen LogP contribution in [-0.4, -0.2) is 33.3 Å². The zero-order valence-electron chi connectivity index (χ0n) is 12.0. The third-order valence-corrected chi connectivity index (χ3v) is 3.89. The average molecular weight is 293 g/mol. The van der Waals surface area contributed by atoms with Gasteiger partial charge in [-0.3, -0.25) is 14.4 Å². The monoisotopic (exact) mass is 293 g/mol. The molecule has 2 rings (SSSR count). The molecular formula is C14H19N3O4. The quantitative estimate of drug-likeness (QED) is 0.801. The largest absolute Gasteiger partial charge is 0.481 e. The second kappa shape index (κ2) is 6.07. The Balaban J connectivity index is 2.05. The number of aromatic nitrogens is 2. The number of carbonyl (C=O) groups excluding carboxylic acids is 1. The second-order valence-corrected chi connectivity index (χ2v) is 5.40. The molecule has 1 aliphatic carbocycles. The van der Waals surface area contributed by atoms with E-state index in [-0.39, 0.29) is 17.8 Å². The Hall–Kier alpha value is -2.18. The van der Waals surface area contributed by atoms with Crippen molar-refractivity contribution in [3.8, 4) is 0 Å². The van der Waals surface area contributed by atoms with E-state index in [1.165, 1.54) is 16.8 Å². The Morgan fingerprint density at radius 1 is 1.43 bits per heavy atom. The molecule has 0 bridgehead atoms. The maximum absolute atomic E-state index is 12.0. The summed E-state index contributed by atoms with van der Waals surface area (Å²) in [5.74, 6) is -1.33. The SMILES string of the molecule is CCCn1nc(C(=O)NCC2(C(=O)O)CCC2)ccc1=O. The highest BCUT2D eigenvalue weighted by Gasteiger charge is 2.44. The number of aryl methyl sites for hydroxylation is 1. The molecule has 1 amide bonds. The maximum atomic E-state index is 12.0. The number of carboxylic acid groups (broad SMARTS) is 1. The predicted molar refractivity (Wildman–Crippen MR) is 75.0 cm³/mol. The van der Waals surface area contributed by atoms with Crippen LogP contribution in [0.2, 0.25) is 0 Å². The van der Waals surface area contributed by atoms with Crippen molar-refractivity contribution in [2.24, 2.45) is 5.41 Å². The lowest BCUT2D eigenvalue weighted by Gasteiger charge is -2.37. The highest BCUT2D eigenvalue weighted by atomic mass is 16.4. The van der Waals surface area contributed by atoms with Gasteiger partial charge in [0.1, 0.15) is 5.69 Å². The summed E-state index contributed by atoms with van der Waals surface area (Å²) in [5.41, 5.74) is -0.967. The van der Waals surface area contributed by atoms with Gasteiger partial charge in [0.05, 0.1) is 5.41 Å². The number of nitrogens with one attached hydrogen (secondary N) is 1. The molecule has 1 aliphatic rings. The number of carboxylic acids is 1. The minimum absolute atomic E-state index is 0.0930. The number of carbonyl (C=O) groups is 2. The summed E-state index contributed by atoms with van der Waals surface area (Å²) in [6, 6.07) is 2.66. The van der Waals surface area contributed by atoms with Crippen LogP contribution < -0.4 is 10.9 Å². The lowest BCUT2D eigenvalue weighted by atomic mass is 9.69. The topological polar surface area (TPSA) is 101 Å². The molecular weight excluding hydrogens is 274 g/mol. The lowest BCUT2D eigenvalue weighted by molar-refractivity contribution is -0.153. The van der Waals surface area contributed by atoms with Crippen LogP contribution in [0.15, 0.2) is 16.9 Å². The van der Waals surface area contributed by atoms with Gasteiger partial charge in [-0.1, -0.05) is 13.3 Å². The third-order valence-electron chi connectivity index (χ3n) is 3.89. The predicted octanol–water partition coefficient (Wildman–Crippen LogP) is 0.638. The number of hydrogen-bond acceptors (Lipinski definition) is 4. The standard InChI is InChI=1S/C14H19N3O4/c1-2-8-17-11(18)5-4-10(16-17)12(19)15-9-14(13(20)21)6-3-7-14/h4-5H,2-3,6-9H2,1H3,(H,15,19)(H,20,21). The first-order chi connectivity index (χ1) is 9.98. The molecule has 2 N–H and O–H groups in total. The Morgan fingerprint density at radius 3 is 2.67 bits per heavy atom. The van der Waals surface area contributed by atoms with Crippen LogP contribution in [0.3, 0.4) is 0 Å². The van der Waals surface area contributed by atoms with Crippen LogP contribution in [0.25, 0.3) is 0 Å². The molecule has 1 fully saturated rings. The van der Waals surface area contributed by atoms with Gasteiger partial charge in [-0.25, -0.2) is 4.68 Å². The summed E-state index contributed by atoms with van der Waals surface area (Å²) in [7, 11) is 0. The maximum Gasteiger partial charge on any atom is 0.311 e. The Kier molecular flexibility index (Phi) is 4.40. The smallest absolute Gasteiger partial charge is 0.311 e. The molecule has 0 unspecified atom stereocenters. The molecule has 0 spiro atoms. The number of aliphatic carboxylic acids is 1. The lowest BCUT2D eigenvalue weighted by Crippen LogP contribution is -2.47. The molecule has 21 heavy (non-hydrogen) atoms. The van der Waals surface area contributed by atoms with Crippen molar-refractivity contribution >= 4 is 11.9 Å². The van der Waals surface area contributed by atoms with Crippen molar-refractivity contribution in [1.82, 2.24) is 15.1 Å². The third kappa shape index (κ3) is 3.12. The summed E-state index contributed by atoms with van der Waals surface area (Å²) < 4.78 is 1.24. The van der Waals surface area contributed by atoms with E-state index in [1.807, 2.05) is 6.92 Å². The van der Waals surface area contributed by atoms with E-state index >= 15 is 0 Å². The van der Waals surface area contributed by atoms with Crippen molar-refractivity contribution in [3.05, 3.63) is 28.2 Å². The molecule has 1 aromatic rings. The number of hydrogen-bond donors (Lipinski definition) is 2. The molecule has 0 saturated heterocycles. The zero-order chi connectivity index (χ0) is 15.5. The average Bonchev–Trinajstić information content (AvgIpc) is 2.39. The highest BCUT2D eigenvalue weighted by Crippen LogP contribution is 2.40. The van der Waals surface area contributed by atoms with Gasteiger partial charge in [0.25, 0.3) is 11.5 Å². The first-order valence-electron chi connectivity index (χ1n) is 7.08. The van der Waals surface area contributed by atoms with Gasteiger partial charge >= 0.3 is 5.97 Å². The molecule has 7 heteroatoms. The van der Waals surface area contributed by atoms with E-state index < -0.39 is 17.3 Å². The van der Waals surface area contributed by atoms with Crippen LogP contribution in [0, 0.1) is 5.41 Å². The van der Waals surface area contributed by atoms with Gasteiger partial charge in [0.2, 0.25) is 0 Å². The van der Waals surface area contributed by atoms with Crippen LogP contribution in [0.1, 0.15) is 43.1 Å². The summed E-state index contributed by atoms with van der Waals surface area (Å²) in [4.78, 5) is 34.8. The number of amides is 1. The van der Waals surface area contributed by atoms with Gasteiger partial charge < -0.3 is 10.4 Å². The van der Waals surface area contributed by atoms with Gasteiger partial charge in [0, 0.05) is 19.2 Å². The fraction of sp³-hybridized carbons (Fsp3) is 0.571. The first kappa shape index (κ1) is 15.2. The summed E-state index contributed by atoms with van der Waals surface area (Å²) in [5, 5.41) is 15.8. The molecule has 0 radical (unpaired) electrons. The van der Waals surface area contributed by atoms with Gasteiger partial charge in [-0.2, -0.15) is 5.10 Å². The molecule has 1 aromatic heterocycles. The van der Waals surface area contributed by atoms with Crippen molar-refractivity contribution in [3.63, 3.8) is 0 Å². The minimum atomic E-state index is -0.877. The minimum Gasteiger partial charge on any atom is -0.481 e. The molecule has 114 valence electrons. The van der Waals surface area contributed by atoms with Crippen molar-refractivity contribution in [1.29, 1.82) is 0 Å². The summed E-state index contributed by atoms with van der Waals surface area (Å²) in [6.07, 6.45) is 2.75. The summed E-state index contributed by atoms with van der Waals surface area (Å²) >= 11 is 0. The fourth-order valence-electron chi connectivity index (χ4n) is 2.35. The molecule has 0 aromatic carbocycles. The molecule has 0 atom stereocenters. The van der Waals surface area contributed by atoms with E-state index in [2.05, 4.69) is 10.4 Å². The van der Waals surface area contributed by atoms with Gasteiger partial charge in [-0.15, -0.1) is 0 Å². The van der Waals surface area contributed by atoms with E-state index in [0.717, 1.165) is 12.8 Å². The molecule has 7 nitrogen and oxygen atoms in total. The van der Waals surface area contributed by atoms with E-state index in [1.54, 1.807) is 0 Å². The first-order valence-corrected chi connectivity index (χ1v) is 7.08. The number of nitrogens with zero attached hydrogens (tertiary/aromatic N) is 2. The normalized spacial score (nSPS) is 16.0. The van der Waals surface area contributed by atoms with E-state index in [0.29, 0.717) is 19.4 Å². The van der Waals surface area contributed by atoms with E-state index in [9.17, 15) is 19.5 Å². The highest BCUT2D eigenvalue weighted by molar-refractivity contribution is 5.92. The van der Waals surface area contributed by atoms with Crippen molar-refractivity contribution in [2.75, 3.05) is 6.54 Å². The van der Waals surface area contributed by atoms with Crippen LogP contribution in [0.5, 0.6) is 0 Å². The Bertz CT molecular complexity index is 604. The molecule has 0 aliphatic heterocycles. The summed E-state index contributed by atoms with van der Waals surface area (Å²) in [6.45, 7) is 2.45. The fourth-order valence-corrected chi connectivity index (χ4v) is 2.35. The zero-order valence-corrected chi connectivity index (χ0v) is 12.0. The Morgan fingerprint density at radius 2 is 2.14 bits per heavy atom. The molecule has 1 saturated carbocycles. The Labute approximate surface area is 122 Å². The second-order valence-electron chi connectivity index (χ2n) is 5.40. The van der Waals surface area contributed by atoms with Crippen LogP contribution in [0.4, 0.5) is 0 Å². The van der Waals surface area contributed by atoms with Crippen LogP contribution >= 0.6 is 0 Å². The van der Waals surface area contributed by atoms with Crippen molar-refractivity contribution < 1.29 is 14.7 Å².